The van der Waals surface area contributed by atoms with E-state index in [2.05, 4.69) is 78.3 Å². The van der Waals surface area contributed by atoms with Crippen molar-refractivity contribution in [2.75, 3.05) is 6.54 Å². The summed E-state index contributed by atoms with van der Waals surface area (Å²) < 4.78 is 0. The molecule has 18 heavy (non-hydrogen) atoms. The summed E-state index contributed by atoms with van der Waals surface area (Å²) in [7, 11) is 0. The van der Waals surface area contributed by atoms with Gasteiger partial charge in [-0.15, -0.1) is 0 Å². The molecule has 0 radical (unpaired) electrons. The molecular formula is C17H17N. The first-order valence-electron chi connectivity index (χ1n) is 6.44. The summed E-state index contributed by atoms with van der Waals surface area (Å²) in [6, 6.07) is 21.5. The number of nitrogens with one attached hydrogen (secondary N) is 1. The molecule has 0 amide bonds. The van der Waals surface area contributed by atoms with Crippen molar-refractivity contribution < 1.29 is 0 Å². The minimum absolute atomic E-state index is 0.0216. The van der Waals surface area contributed by atoms with Crippen LogP contribution in [-0.4, -0.2) is 6.54 Å². The van der Waals surface area contributed by atoms with Gasteiger partial charge in [-0.05, 0) is 23.7 Å². The van der Waals surface area contributed by atoms with Crippen LogP contribution in [0.25, 0.3) is 0 Å². The number of rotatable bonds is 2. The Bertz CT molecular complexity index is 489. The average molecular weight is 235 g/mol. The van der Waals surface area contributed by atoms with Crippen molar-refractivity contribution in [1.29, 1.82) is 0 Å². The molecule has 0 bridgehead atoms. The normalized spacial score (nSPS) is 17.1. The molecular weight excluding hydrogens is 218 g/mol. The molecule has 1 N–H and O–H groups in total. The molecule has 1 aliphatic heterocycles. The quantitative estimate of drug-likeness (QED) is 0.840. The fourth-order valence-electron chi connectivity index (χ4n) is 2.76. The van der Waals surface area contributed by atoms with E-state index in [1.165, 1.54) is 11.1 Å². The van der Waals surface area contributed by atoms with Crippen LogP contribution >= 0.6 is 0 Å². The van der Waals surface area contributed by atoms with Gasteiger partial charge in [-0.25, -0.2) is 0 Å². The predicted octanol–water partition coefficient (Wildman–Crippen LogP) is 3.48. The van der Waals surface area contributed by atoms with Crippen LogP contribution in [0.5, 0.6) is 0 Å². The maximum Gasteiger partial charge on any atom is 0.0415 e. The molecule has 1 aliphatic rings. The topological polar surface area (TPSA) is 12.0 Å². The van der Waals surface area contributed by atoms with Gasteiger partial charge in [0.1, 0.15) is 0 Å². The molecule has 1 heterocycles. The standard InChI is InChI=1S/C17H17N/c1-3-7-15(8-4-1)17(11-13-18-14-12-17)16-9-5-2-6-10-16/h1-11,13,18H,12,14H2. The van der Waals surface area contributed by atoms with Gasteiger partial charge in [-0.1, -0.05) is 66.7 Å². The largest absolute Gasteiger partial charge is 0.391 e. The van der Waals surface area contributed by atoms with E-state index in [0.29, 0.717) is 0 Å². The molecule has 1 nitrogen and oxygen atoms in total. The van der Waals surface area contributed by atoms with Crippen LogP contribution in [0.3, 0.4) is 0 Å². The molecule has 0 saturated carbocycles. The van der Waals surface area contributed by atoms with Crippen LogP contribution in [-0.2, 0) is 5.41 Å². The van der Waals surface area contributed by atoms with E-state index in [0.717, 1.165) is 13.0 Å². The highest BCUT2D eigenvalue weighted by Crippen LogP contribution is 2.37. The predicted molar refractivity (Wildman–Crippen MR) is 75.4 cm³/mol. The van der Waals surface area contributed by atoms with Crippen LogP contribution in [0, 0.1) is 0 Å². The number of allylic oxidation sites excluding steroid dienone is 1. The Balaban J connectivity index is 2.16. The molecule has 1 heteroatoms. The highest BCUT2D eigenvalue weighted by molar-refractivity contribution is 5.45. The maximum absolute atomic E-state index is 3.30. The zero-order chi connectivity index (χ0) is 12.3. The maximum atomic E-state index is 3.30. The molecule has 2 aromatic rings. The van der Waals surface area contributed by atoms with E-state index in [9.17, 15) is 0 Å². The number of benzene rings is 2. The second kappa shape index (κ2) is 4.69. The van der Waals surface area contributed by atoms with Gasteiger partial charge in [0.2, 0.25) is 0 Å². The van der Waals surface area contributed by atoms with Crippen molar-refractivity contribution in [3.63, 3.8) is 0 Å². The van der Waals surface area contributed by atoms with Crippen molar-refractivity contribution in [3.8, 4) is 0 Å². The third kappa shape index (κ3) is 1.82. The molecule has 0 fully saturated rings. The first-order valence-corrected chi connectivity index (χ1v) is 6.44. The Morgan fingerprint density at radius 3 is 1.78 bits per heavy atom. The molecule has 3 rings (SSSR count). The van der Waals surface area contributed by atoms with Gasteiger partial charge in [0.05, 0.1) is 0 Å². The Morgan fingerprint density at radius 1 is 0.778 bits per heavy atom. The highest BCUT2D eigenvalue weighted by Gasteiger charge is 2.32. The SMILES string of the molecule is C1=CC(c2ccccc2)(c2ccccc2)CCN1. The highest BCUT2D eigenvalue weighted by atomic mass is 14.8. The Morgan fingerprint density at radius 2 is 1.33 bits per heavy atom. The number of hydrogen-bond donors (Lipinski definition) is 1. The summed E-state index contributed by atoms with van der Waals surface area (Å²) in [5.41, 5.74) is 2.76. The summed E-state index contributed by atoms with van der Waals surface area (Å²) >= 11 is 0. The first-order chi connectivity index (χ1) is 8.92. The summed E-state index contributed by atoms with van der Waals surface area (Å²) in [4.78, 5) is 0. The Hall–Kier alpha value is -2.02. The van der Waals surface area contributed by atoms with Gasteiger partial charge in [0.15, 0.2) is 0 Å². The lowest BCUT2D eigenvalue weighted by atomic mass is 9.71. The zero-order valence-electron chi connectivity index (χ0n) is 10.3. The molecule has 0 unspecified atom stereocenters. The lowest BCUT2D eigenvalue weighted by molar-refractivity contribution is 0.536. The van der Waals surface area contributed by atoms with Gasteiger partial charge in [0.25, 0.3) is 0 Å². The minimum Gasteiger partial charge on any atom is -0.391 e. The van der Waals surface area contributed by atoms with E-state index in [-0.39, 0.29) is 5.41 Å². The zero-order valence-corrected chi connectivity index (χ0v) is 10.3. The third-order valence-electron chi connectivity index (χ3n) is 3.73. The van der Waals surface area contributed by atoms with Crippen LogP contribution < -0.4 is 5.32 Å². The summed E-state index contributed by atoms with van der Waals surface area (Å²) in [5.74, 6) is 0. The molecule has 0 aliphatic carbocycles. The molecule has 0 saturated heterocycles. The first kappa shape index (κ1) is 11.1. The third-order valence-corrected chi connectivity index (χ3v) is 3.73. The van der Waals surface area contributed by atoms with Crippen molar-refractivity contribution in [2.24, 2.45) is 0 Å². The average Bonchev–Trinajstić information content (AvgIpc) is 2.50. The van der Waals surface area contributed by atoms with Crippen molar-refractivity contribution in [1.82, 2.24) is 5.32 Å². The van der Waals surface area contributed by atoms with Crippen LogP contribution in [0.2, 0.25) is 0 Å². The molecule has 2 aromatic carbocycles. The second-order valence-corrected chi connectivity index (χ2v) is 4.74. The Kier molecular flexibility index (Phi) is 2.89. The molecule has 90 valence electrons. The van der Waals surface area contributed by atoms with E-state index in [1.807, 2.05) is 0 Å². The van der Waals surface area contributed by atoms with Gasteiger partial charge in [0, 0.05) is 12.0 Å². The lowest BCUT2D eigenvalue weighted by Gasteiger charge is -2.35. The molecule has 0 aromatic heterocycles. The van der Waals surface area contributed by atoms with Gasteiger partial charge < -0.3 is 5.32 Å². The van der Waals surface area contributed by atoms with E-state index in [1.54, 1.807) is 0 Å². The lowest BCUT2D eigenvalue weighted by Crippen LogP contribution is -2.33. The fourth-order valence-corrected chi connectivity index (χ4v) is 2.76. The van der Waals surface area contributed by atoms with Gasteiger partial charge >= 0.3 is 0 Å². The van der Waals surface area contributed by atoms with E-state index >= 15 is 0 Å². The Labute approximate surface area is 108 Å². The van der Waals surface area contributed by atoms with E-state index in [4.69, 9.17) is 0 Å². The van der Waals surface area contributed by atoms with Crippen LogP contribution in [0.1, 0.15) is 17.5 Å². The van der Waals surface area contributed by atoms with Crippen LogP contribution in [0.4, 0.5) is 0 Å². The summed E-state index contributed by atoms with van der Waals surface area (Å²) in [6.07, 6.45) is 5.47. The molecule has 0 spiro atoms. The van der Waals surface area contributed by atoms with Gasteiger partial charge in [-0.3, -0.25) is 0 Å². The van der Waals surface area contributed by atoms with Crippen molar-refractivity contribution in [2.45, 2.75) is 11.8 Å². The molecule has 0 atom stereocenters. The smallest absolute Gasteiger partial charge is 0.0415 e. The van der Waals surface area contributed by atoms with Crippen molar-refractivity contribution >= 4 is 0 Å². The monoisotopic (exact) mass is 235 g/mol. The number of hydrogen-bond acceptors (Lipinski definition) is 1. The minimum atomic E-state index is 0.0216. The fraction of sp³-hybridized carbons (Fsp3) is 0.176. The van der Waals surface area contributed by atoms with E-state index < -0.39 is 0 Å². The van der Waals surface area contributed by atoms with Gasteiger partial charge in [-0.2, -0.15) is 0 Å². The summed E-state index contributed by atoms with van der Waals surface area (Å²) in [5, 5.41) is 3.30. The summed E-state index contributed by atoms with van der Waals surface area (Å²) in [6.45, 7) is 1.01. The van der Waals surface area contributed by atoms with Crippen LogP contribution in [0.15, 0.2) is 72.9 Å². The second-order valence-electron chi connectivity index (χ2n) is 4.74. The van der Waals surface area contributed by atoms with Crippen molar-refractivity contribution in [3.05, 3.63) is 84.1 Å².